The molecule has 108 valence electrons. The highest BCUT2D eigenvalue weighted by molar-refractivity contribution is 5.76. The first-order valence-corrected chi connectivity index (χ1v) is 7.06. The van der Waals surface area contributed by atoms with Crippen LogP contribution in [0.25, 0.3) is 0 Å². The Morgan fingerprint density at radius 3 is 2.42 bits per heavy atom. The van der Waals surface area contributed by atoms with Crippen LogP contribution in [0, 0.1) is 11.3 Å². The fourth-order valence-electron chi connectivity index (χ4n) is 3.33. The summed E-state index contributed by atoms with van der Waals surface area (Å²) >= 11 is 0. The predicted molar refractivity (Wildman–Crippen MR) is 71.4 cm³/mol. The van der Waals surface area contributed by atoms with E-state index in [4.69, 9.17) is 4.74 Å². The van der Waals surface area contributed by atoms with Crippen molar-refractivity contribution in [2.45, 2.75) is 45.8 Å². The van der Waals surface area contributed by atoms with Crippen molar-refractivity contribution in [1.29, 1.82) is 0 Å². The van der Waals surface area contributed by atoms with Crippen molar-refractivity contribution in [3.05, 3.63) is 0 Å². The van der Waals surface area contributed by atoms with Crippen LogP contribution >= 0.6 is 0 Å². The topological polar surface area (TPSA) is 49.9 Å². The molecule has 1 saturated carbocycles. The Bertz CT molecular complexity index is 375. The zero-order valence-corrected chi connectivity index (χ0v) is 12.3. The van der Waals surface area contributed by atoms with E-state index in [1.165, 1.54) is 0 Å². The Kier molecular flexibility index (Phi) is 3.74. The molecular weight excluding hydrogens is 244 g/mol. The minimum Gasteiger partial charge on any atom is -0.441 e. The summed E-state index contributed by atoms with van der Waals surface area (Å²) in [5.41, 5.74) is -0.0814. The minimum atomic E-state index is -0.409. The Hall–Kier alpha value is -1.26. The molecule has 1 aliphatic heterocycles. The smallest absolute Gasteiger partial charge is 0.322 e. The Morgan fingerprint density at radius 2 is 1.89 bits per heavy atom. The first-order valence-electron chi connectivity index (χ1n) is 7.06. The molecular formula is C14H24N2O3. The van der Waals surface area contributed by atoms with Crippen LogP contribution in [-0.2, 0) is 9.53 Å². The van der Waals surface area contributed by atoms with Crippen molar-refractivity contribution in [1.82, 2.24) is 9.80 Å². The normalized spacial score (nSPS) is 26.4. The Balaban J connectivity index is 2.24. The minimum absolute atomic E-state index is 0.0703. The second-order valence-electron chi connectivity index (χ2n) is 6.26. The number of carbonyl (C=O) groups is 2. The third-order valence-corrected chi connectivity index (χ3v) is 4.35. The fraction of sp³-hybridized carbons (Fsp3) is 0.857. The molecule has 19 heavy (non-hydrogen) atoms. The van der Waals surface area contributed by atoms with Crippen LogP contribution in [0.2, 0.25) is 0 Å². The van der Waals surface area contributed by atoms with Crippen LogP contribution in [0.4, 0.5) is 4.79 Å². The summed E-state index contributed by atoms with van der Waals surface area (Å²) in [4.78, 5) is 27.3. The lowest BCUT2D eigenvalue weighted by atomic mass is 9.81. The molecule has 5 nitrogen and oxygen atoms in total. The summed E-state index contributed by atoms with van der Waals surface area (Å²) in [5, 5.41) is 0. The number of urea groups is 1. The van der Waals surface area contributed by atoms with Gasteiger partial charge in [-0.15, -0.1) is 0 Å². The average molecular weight is 268 g/mol. The summed E-state index contributed by atoms with van der Waals surface area (Å²) in [6.07, 6.45) is 3.92. The van der Waals surface area contributed by atoms with E-state index in [1.54, 1.807) is 16.8 Å². The van der Waals surface area contributed by atoms with Crippen molar-refractivity contribution >= 4 is 12.0 Å². The van der Waals surface area contributed by atoms with E-state index in [-0.39, 0.29) is 23.3 Å². The quantitative estimate of drug-likeness (QED) is 0.720. The number of rotatable bonds is 2. The van der Waals surface area contributed by atoms with Crippen LogP contribution in [0.3, 0.4) is 0 Å². The monoisotopic (exact) mass is 268 g/mol. The van der Waals surface area contributed by atoms with Crippen molar-refractivity contribution < 1.29 is 14.3 Å². The van der Waals surface area contributed by atoms with Crippen LogP contribution < -0.4 is 0 Å². The molecule has 2 amide bonds. The van der Waals surface area contributed by atoms with Crippen LogP contribution in [0.15, 0.2) is 0 Å². The van der Waals surface area contributed by atoms with Crippen LogP contribution in [0.5, 0.6) is 0 Å². The molecule has 2 rings (SSSR count). The molecule has 2 aliphatic rings. The van der Waals surface area contributed by atoms with E-state index in [0.717, 1.165) is 25.7 Å². The van der Waals surface area contributed by atoms with Gasteiger partial charge < -0.3 is 9.64 Å². The second-order valence-corrected chi connectivity index (χ2v) is 6.26. The summed E-state index contributed by atoms with van der Waals surface area (Å²) in [5.74, 6) is -0.387. The highest BCUT2D eigenvalue weighted by atomic mass is 16.6. The molecule has 0 radical (unpaired) electrons. The predicted octanol–water partition coefficient (Wildman–Crippen LogP) is 2.07. The number of hydrogen-bond donors (Lipinski definition) is 0. The third kappa shape index (κ3) is 2.42. The Morgan fingerprint density at radius 1 is 1.32 bits per heavy atom. The first kappa shape index (κ1) is 14.2. The molecule has 1 heterocycles. The number of amides is 2. The van der Waals surface area contributed by atoms with Crippen molar-refractivity contribution in [2.24, 2.45) is 11.3 Å². The zero-order chi connectivity index (χ0) is 14.2. The van der Waals surface area contributed by atoms with Crippen LogP contribution in [0.1, 0.15) is 39.5 Å². The van der Waals surface area contributed by atoms with E-state index in [9.17, 15) is 9.59 Å². The average Bonchev–Trinajstić information content (AvgIpc) is 2.81. The van der Waals surface area contributed by atoms with Crippen LogP contribution in [-0.4, -0.2) is 48.7 Å². The molecule has 1 atom stereocenters. The van der Waals surface area contributed by atoms with E-state index >= 15 is 0 Å². The van der Waals surface area contributed by atoms with Gasteiger partial charge in [-0.2, -0.15) is 0 Å². The van der Waals surface area contributed by atoms with Crippen molar-refractivity contribution in [3.8, 4) is 0 Å². The van der Waals surface area contributed by atoms with Gasteiger partial charge in [-0.1, -0.05) is 26.7 Å². The number of ether oxygens (including phenoxy) is 1. The maximum atomic E-state index is 12.1. The largest absolute Gasteiger partial charge is 0.441 e. The summed E-state index contributed by atoms with van der Waals surface area (Å²) in [7, 11) is 3.55. The van der Waals surface area contributed by atoms with E-state index in [1.807, 2.05) is 20.9 Å². The molecule has 0 aromatic carbocycles. The lowest BCUT2D eigenvalue weighted by Gasteiger charge is -2.49. The standard InChI is InChI=1S/C14H24N2O3/c1-10(2)11(17)19-12-14(7-5-6-8-14)9-15(3)13(18)16(12)4/h10,12H,5-9H2,1-4H3. The Labute approximate surface area is 114 Å². The van der Waals surface area contributed by atoms with Gasteiger partial charge in [0, 0.05) is 26.1 Å². The molecule has 1 unspecified atom stereocenters. The van der Waals surface area contributed by atoms with E-state index < -0.39 is 6.23 Å². The SMILES string of the molecule is CC(C)C(=O)OC1N(C)C(=O)N(C)CC12CCCC2. The van der Waals surface area contributed by atoms with E-state index in [2.05, 4.69) is 0 Å². The maximum absolute atomic E-state index is 12.1. The van der Waals surface area contributed by atoms with Gasteiger partial charge in [0.05, 0.1) is 5.92 Å². The van der Waals surface area contributed by atoms with Crippen molar-refractivity contribution in [2.75, 3.05) is 20.6 Å². The van der Waals surface area contributed by atoms with Crippen molar-refractivity contribution in [3.63, 3.8) is 0 Å². The van der Waals surface area contributed by atoms with Gasteiger partial charge in [-0.3, -0.25) is 9.69 Å². The van der Waals surface area contributed by atoms with Gasteiger partial charge >= 0.3 is 12.0 Å². The number of carbonyl (C=O) groups excluding carboxylic acids is 2. The third-order valence-electron chi connectivity index (χ3n) is 4.35. The molecule has 1 aliphatic carbocycles. The molecule has 0 aromatic rings. The molecule has 5 heteroatoms. The zero-order valence-electron chi connectivity index (χ0n) is 12.3. The fourth-order valence-corrected chi connectivity index (χ4v) is 3.33. The highest BCUT2D eigenvalue weighted by Gasteiger charge is 2.52. The lowest BCUT2D eigenvalue weighted by Crippen LogP contribution is -2.62. The highest BCUT2D eigenvalue weighted by Crippen LogP contribution is 2.46. The van der Waals surface area contributed by atoms with E-state index in [0.29, 0.717) is 6.54 Å². The number of nitrogens with zero attached hydrogens (tertiary/aromatic N) is 2. The molecule has 2 fully saturated rings. The van der Waals surface area contributed by atoms with Gasteiger partial charge in [-0.05, 0) is 12.8 Å². The molecule has 0 N–H and O–H groups in total. The molecule has 1 spiro atoms. The lowest BCUT2D eigenvalue weighted by molar-refractivity contribution is -0.179. The molecule has 0 aromatic heterocycles. The summed E-state index contributed by atoms with van der Waals surface area (Å²) in [6.45, 7) is 4.33. The first-order chi connectivity index (χ1) is 8.87. The summed E-state index contributed by atoms with van der Waals surface area (Å²) < 4.78 is 5.66. The van der Waals surface area contributed by atoms with Gasteiger partial charge in [0.15, 0.2) is 6.23 Å². The second kappa shape index (κ2) is 5.02. The van der Waals surface area contributed by atoms with Gasteiger partial charge in [0.25, 0.3) is 0 Å². The summed E-state index contributed by atoms with van der Waals surface area (Å²) in [6, 6.07) is -0.0703. The maximum Gasteiger partial charge on any atom is 0.322 e. The number of esters is 1. The number of hydrogen-bond acceptors (Lipinski definition) is 3. The van der Waals surface area contributed by atoms with Gasteiger partial charge in [0.1, 0.15) is 0 Å². The van der Waals surface area contributed by atoms with Gasteiger partial charge in [0.2, 0.25) is 0 Å². The molecule has 1 saturated heterocycles. The van der Waals surface area contributed by atoms with Gasteiger partial charge in [-0.25, -0.2) is 4.79 Å². The molecule has 0 bridgehead atoms.